The Morgan fingerprint density at radius 3 is 2.45 bits per heavy atom. The van der Waals surface area contributed by atoms with Gasteiger partial charge in [-0.1, -0.05) is 0 Å². The first-order valence-corrected chi connectivity index (χ1v) is 7.25. The summed E-state index contributed by atoms with van der Waals surface area (Å²) in [5.41, 5.74) is -1.18. The van der Waals surface area contributed by atoms with Gasteiger partial charge in [-0.3, -0.25) is 4.79 Å². The number of ether oxygens (including phenoxy) is 1. The molecule has 6 nitrogen and oxygen atoms in total. The number of nitrogens with zero attached hydrogens (tertiary/aromatic N) is 1. The summed E-state index contributed by atoms with van der Waals surface area (Å²) in [5.74, 6) is -1.17. The van der Waals surface area contributed by atoms with Gasteiger partial charge >= 0.3 is 5.97 Å². The quantitative estimate of drug-likeness (QED) is 0.725. The number of aliphatic carboxylic acids is 1. The predicted octanol–water partition coefficient (Wildman–Crippen LogP) is 0.857. The molecule has 0 atom stereocenters. The number of nitrogens with one attached hydrogen (secondary N) is 1. The van der Waals surface area contributed by atoms with Crippen LogP contribution in [-0.2, 0) is 14.3 Å². The molecule has 0 bridgehead atoms. The van der Waals surface area contributed by atoms with Crippen molar-refractivity contribution in [2.24, 2.45) is 0 Å². The number of carboxylic acids is 1. The Labute approximate surface area is 120 Å². The summed E-state index contributed by atoms with van der Waals surface area (Å²) in [6.07, 6.45) is 2.37. The van der Waals surface area contributed by atoms with Crippen LogP contribution in [0.1, 0.15) is 40.0 Å². The van der Waals surface area contributed by atoms with Crippen LogP contribution in [-0.4, -0.2) is 59.8 Å². The molecule has 1 rings (SSSR count). The third kappa shape index (κ3) is 4.45. The molecule has 0 radical (unpaired) electrons. The Hall–Kier alpha value is -1.14. The van der Waals surface area contributed by atoms with Crippen molar-refractivity contribution < 1.29 is 19.4 Å². The molecule has 0 saturated carbocycles. The van der Waals surface area contributed by atoms with Crippen LogP contribution in [0.3, 0.4) is 0 Å². The van der Waals surface area contributed by atoms with Gasteiger partial charge in [0.15, 0.2) is 0 Å². The molecule has 20 heavy (non-hydrogen) atoms. The van der Waals surface area contributed by atoms with Crippen LogP contribution in [0.2, 0.25) is 0 Å². The van der Waals surface area contributed by atoms with Crippen molar-refractivity contribution in [2.45, 2.75) is 51.7 Å². The van der Waals surface area contributed by atoms with Gasteiger partial charge < -0.3 is 20.1 Å². The van der Waals surface area contributed by atoms with Crippen molar-refractivity contribution in [3.63, 3.8) is 0 Å². The lowest BCUT2D eigenvalue weighted by molar-refractivity contribution is -0.157. The Bertz CT molecular complexity index is 338. The maximum absolute atomic E-state index is 12.1. The van der Waals surface area contributed by atoms with Crippen LogP contribution in [0.25, 0.3) is 0 Å². The maximum Gasteiger partial charge on any atom is 0.329 e. The summed E-state index contributed by atoms with van der Waals surface area (Å²) >= 11 is 0. The van der Waals surface area contributed by atoms with E-state index in [9.17, 15) is 14.7 Å². The lowest BCUT2D eigenvalue weighted by Crippen LogP contribution is -2.53. The third-order valence-corrected chi connectivity index (χ3v) is 3.77. The second-order valence-electron chi connectivity index (χ2n) is 5.57. The average molecular weight is 286 g/mol. The van der Waals surface area contributed by atoms with Crippen LogP contribution < -0.4 is 5.32 Å². The predicted molar refractivity (Wildman–Crippen MR) is 75.6 cm³/mol. The molecule has 0 unspecified atom stereocenters. The van der Waals surface area contributed by atoms with Crippen LogP contribution >= 0.6 is 0 Å². The monoisotopic (exact) mass is 286 g/mol. The van der Waals surface area contributed by atoms with Gasteiger partial charge in [0.1, 0.15) is 5.54 Å². The van der Waals surface area contributed by atoms with E-state index >= 15 is 0 Å². The number of hydrogen-bond donors (Lipinski definition) is 2. The van der Waals surface area contributed by atoms with Crippen molar-refractivity contribution in [3.8, 4) is 0 Å². The number of rotatable bonds is 7. The summed E-state index contributed by atoms with van der Waals surface area (Å²) in [6.45, 7) is 7.52. The lowest BCUT2D eigenvalue weighted by Gasteiger charge is -2.34. The maximum atomic E-state index is 12.1. The normalized spacial score (nSPS) is 16.9. The third-order valence-electron chi connectivity index (χ3n) is 3.77. The van der Waals surface area contributed by atoms with Gasteiger partial charge in [-0.2, -0.15) is 0 Å². The molecule has 1 aliphatic heterocycles. The number of carbonyl (C=O) groups is 2. The van der Waals surface area contributed by atoms with E-state index in [2.05, 4.69) is 5.32 Å². The van der Waals surface area contributed by atoms with E-state index < -0.39 is 11.5 Å². The molecule has 6 heteroatoms. The van der Waals surface area contributed by atoms with Gasteiger partial charge in [0.25, 0.3) is 0 Å². The zero-order valence-electron chi connectivity index (χ0n) is 12.6. The zero-order chi connectivity index (χ0) is 15.2. The second kappa shape index (κ2) is 7.59. The molecule has 1 heterocycles. The fraction of sp³-hybridized carbons (Fsp3) is 0.857. The smallest absolute Gasteiger partial charge is 0.329 e. The Morgan fingerprint density at radius 1 is 1.35 bits per heavy atom. The molecule has 0 aromatic rings. The van der Waals surface area contributed by atoms with Gasteiger partial charge in [-0.15, -0.1) is 0 Å². The van der Waals surface area contributed by atoms with E-state index in [-0.39, 0.29) is 18.4 Å². The van der Waals surface area contributed by atoms with Gasteiger partial charge in [0.2, 0.25) is 5.91 Å². The summed E-state index contributed by atoms with van der Waals surface area (Å²) < 4.78 is 5.69. The molecule has 1 aliphatic rings. The number of amides is 1. The lowest BCUT2D eigenvalue weighted by atomic mass is 10.0. The highest BCUT2D eigenvalue weighted by Crippen LogP contribution is 2.16. The number of carboxylic acid groups (broad SMARTS) is 1. The average Bonchev–Trinajstić information content (AvgIpc) is 2.40. The van der Waals surface area contributed by atoms with Crippen molar-refractivity contribution >= 4 is 11.9 Å². The molecule has 0 spiro atoms. The van der Waals surface area contributed by atoms with Crippen molar-refractivity contribution in [1.82, 2.24) is 10.2 Å². The van der Waals surface area contributed by atoms with Gasteiger partial charge in [0.05, 0.1) is 19.1 Å². The van der Waals surface area contributed by atoms with E-state index in [4.69, 9.17) is 4.74 Å². The SMILES string of the molecule is CCN(C(=O)CCOC1CCNCC1)C(C)(C)C(=O)O. The Morgan fingerprint density at radius 2 is 1.95 bits per heavy atom. The Kier molecular flexibility index (Phi) is 6.42. The van der Waals surface area contributed by atoms with E-state index in [1.54, 1.807) is 20.8 Å². The molecule has 1 amide bonds. The van der Waals surface area contributed by atoms with Crippen LogP contribution in [0.15, 0.2) is 0 Å². The van der Waals surface area contributed by atoms with Gasteiger partial charge in [-0.05, 0) is 46.7 Å². The molecule has 116 valence electrons. The second-order valence-corrected chi connectivity index (χ2v) is 5.57. The van der Waals surface area contributed by atoms with E-state index in [0.717, 1.165) is 25.9 Å². The molecule has 0 aliphatic carbocycles. The van der Waals surface area contributed by atoms with E-state index in [1.807, 2.05) is 0 Å². The zero-order valence-corrected chi connectivity index (χ0v) is 12.6. The standard InChI is InChI=1S/C14H26N2O4/c1-4-16(14(2,3)13(18)19)12(17)7-10-20-11-5-8-15-9-6-11/h11,15H,4-10H2,1-3H3,(H,18,19). The van der Waals surface area contributed by atoms with Crippen LogP contribution in [0, 0.1) is 0 Å². The van der Waals surface area contributed by atoms with Crippen molar-refractivity contribution in [1.29, 1.82) is 0 Å². The summed E-state index contributed by atoms with van der Waals surface area (Å²) in [4.78, 5) is 24.7. The van der Waals surface area contributed by atoms with Crippen molar-refractivity contribution in [3.05, 3.63) is 0 Å². The highest BCUT2D eigenvalue weighted by molar-refractivity contribution is 5.86. The Balaban J connectivity index is 2.41. The molecule has 1 saturated heterocycles. The number of likely N-dealkylation sites (N-methyl/N-ethyl adjacent to an activating group) is 1. The molecule has 0 aromatic carbocycles. The number of carbonyl (C=O) groups excluding carboxylic acids is 1. The highest BCUT2D eigenvalue weighted by atomic mass is 16.5. The first-order chi connectivity index (χ1) is 9.39. The fourth-order valence-corrected chi connectivity index (χ4v) is 2.41. The minimum Gasteiger partial charge on any atom is -0.480 e. The van der Waals surface area contributed by atoms with Crippen LogP contribution in [0.4, 0.5) is 0 Å². The van der Waals surface area contributed by atoms with Crippen molar-refractivity contribution in [2.75, 3.05) is 26.2 Å². The molecule has 0 aromatic heterocycles. The first kappa shape index (κ1) is 16.9. The summed E-state index contributed by atoms with van der Waals surface area (Å²) in [6, 6.07) is 0. The summed E-state index contributed by atoms with van der Waals surface area (Å²) in [7, 11) is 0. The molecular weight excluding hydrogens is 260 g/mol. The topological polar surface area (TPSA) is 78.9 Å². The van der Waals surface area contributed by atoms with Gasteiger partial charge in [-0.25, -0.2) is 4.79 Å². The highest BCUT2D eigenvalue weighted by Gasteiger charge is 2.36. The minimum absolute atomic E-state index is 0.172. The van der Waals surface area contributed by atoms with E-state index in [0.29, 0.717) is 13.2 Å². The number of piperidine rings is 1. The van der Waals surface area contributed by atoms with Crippen LogP contribution in [0.5, 0.6) is 0 Å². The van der Waals surface area contributed by atoms with E-state index in [1.165, 1.54) is 4.90 Å². The number of hydrogen-bond acceptors (Lipinski definition) is 4. The largest absolute Gasteiger partial charge is 0.480 e. The molecule has 2 N–H and O–H groups in total. The first-order valence-electron chi connectivity index (χ1n) is 7.25. The van der Waals surface area contributed by atoms with Gasteiger partial charge in [0, 0.05) is 6.54 Å². The minimum atomic E-state index is -1.18. The summed E-state index contributed by atoms with van der Waals surface area (Å²) in [5, 5.41) is 12.4. The molecular formula is C14H26N2O4. The fourth-order valence-electron chi connectivity index (χ4n) is 2.41. The molecule has 1 fully saturated rings.